The van der Waals surface area contributed by atoms with Crippen molar-refractivity contribution in [3.8, 4) is 0 Å². The van der Waals surface area contributed by atoms with Gasteiger partial charge in [0.05, 0.1) is 12.3 Å². The Morgan fingerprint density at radius 3 is 2.92 bits per heavy atom. The van der Waals surface area contributed by atoms with Crippen LogP contribution in [0.15, 0.2) is 50.8 Å². The largest absolute Gasteiger partial charge is 0.400 e. The van der Waals surface area contributed by atoms with Crippen molar-refractivity contribution in [2.75, 3.05) is 6.54 Å². The van der Waals surface area contributed by atoms with E-state index in [4.69, 9.17) is 16.1 Å². The van der Waals surface area contributed by atoms with E-state index in [9.17, 15) is 0 Å². The molecule has 0 aromatic carbocycles. The third-order valence-electron chi connectivity index (χ3n) is 5.60. The molecule has 0 aromatic heterocycles. The van der Waals surface area contributed by atoms with Gasteiger partial charge >= 0.3 is 0 Å². The number of allylic oxidation sites excluding steroid dienone is 7. The van der Waals surface area contributed by atoms with Crippen molar-refractivity contribution in [3.05, 3.63) is 45.8 Å². The zero-order valence-electron chi connectivity index (χ0n) is 15.7. The van der Waals surface area contributed by atoms with Gasteiger partial charge in [0.1, 0.15) is 5.84 Å². The fourth-order valence-corrected chi connectivity index (χ4v) is 3.93. The Morgan fingerprint density at radius 1 is 1.36 bits per heavy atom. The lowest BCUT2D eigenvalue weighted by molar-refractivity contribution is 0.733. The first-order valence-electron chi connectivity index (χ1n) is 9.43. The summed E-state index contributed by atoms with van der Waals surface area (Å²) >= 11 is 0. The van der Waals surface area contributed by atoms with E-state index in [0.29, 0.717) is 12.3 Å². The van der Waals surface area contributed by atoms with E-state index in [0.717, 1.165) is 41.9 Å². The van der Waals surface area contributed by atoms with Crippen molar-refractivity contribution >= 4 is 11.5 Å². The first-order valence-corrected chi connectivity index (χ1v) is 9.43. The molecule has 1 atom stereocenters. The number of nitrogens with one attached hydrogen (secondary N) is 2. The number of fused-ring (bicyclic) bond motifs is 1. The van der Waals surface area contributed by atoms with Crippen molar-refractivity contribution in [2.45, 2.75) is 59.3 Å². The number of rotatable bonds is 3. The van der Waals surface area contributed by atoms with E-state index >= 15 is 0 Å². The molecule has 0 amide bonds. The lowest BCUT2D eigenvalue weighted by Gasteiger charge is -2.23. The standard InChI is InChI=1S/C21H30N4/c1-4-13(2)20(23)17-11-14(3)21(24-12-18(17)22)25-19-10-6-8-15-7-5-9-16(15)19/h4,8,14,23H,5-7,9-12,22H2,1-3H3,(H,24,25)/b13-4+,23-20?. The Hall–Kier alpha value is -2.10. The van der Waals surface area contributed by atoms with Crippen LogP contribution in [-0.2, 0) is 0 Å². The Kier molecular flexibility index (Phi) is 5.26. The molecule has 25 heavy (non-hydrogen) atoms. The molecule has 1 fully saturated rings. The van der Waals surface area contributed by atoms with Crippen LogP contribution in [0.2, 0.25) is 0 Å². The minimum atomic E-state index is 0.241. The second kappa shape index (κ2) is 7.42. The Labute approximate surface area is 151 Å². The van der Waals surface area contributed by atoms with E-state index < -0.39 is 0 Å². The first-order chi connectivity index (χ1) is 12.0. The van der Waals surface area contributed by atoms with Gasteiger partial charge in [-0.3, -0.25) is 4.99 Å². The highest BCUT2D eigenvalue weighted by Crippen LogP contribution is 2.37. The van der Waals surface area contributed by atoms with E-state index in [1.54, 1.807) is 5.57 Å². The van der Waals surface area contributed by atoms with Gasteiger partial charge in [0.15, 0.2) is 0 Å². The van der Waals surface area contributed by atoms with Crippen LogP contribution in [0.3, 0.4) is 0 Å². The fourth-order valence-electron chi connectivity index (χ4n) is 3.93. The van der Waals surface area contributed by atoms with Crippen molar-refractivity contribution in [1.29, 1.82) is 5.41 Å². The van der Waals surface area contributed by atoms with Gasteiger partial charge in [-0.2, -0.15) is 0 Å². The molecule has 4 N–H and O–H groups in total. The lowest BCUT2D eigenvalue weighted by atomic mass is 9.92. The maximum Gasteiger partial charge on any atom is 0.104 e. The summed E-state index contributed by atoms with van der Waals surface area (Å²) in [6.45, 7) is 6.60. The summed E-state index contributed by atoms with van der Waals surface area (Å²) in [5.41, 5.74) is 13.9. The van der Waals surface area contributed by atoms with Gasteiger partial charge < -0.3 is 16.5 Å². The van der Waals surface area contributed by atoms with E-state index in [1.165, 1.54) is 30.5 Å². The van der Waals surface area contributed by atoms with Gasteiger partial charge in [-0.1, -0.05) is 19.1 Å². The SMILES string of the molecule is C/C=C(\C)C(=N)C1=C(N)CN=C(NC2=C3CCCC3=CCC2)C(C)C1. The highest BCUT2D eigenvalue weighted by Gasteiger charge is 2.25. The summed E-state index contributed by atoms with van der Waals surface area (Å²) < 4.78 is 0. The van der Waals surface area contributed by atoms with Crippen LogP contribution in [0.25, 0.3) is 0 Å². The predicted molar refractivity (Wildman–Crippen MR) is 106 cm³/mol. The molecule has 3 rings (SSSR count). The minimum absolute atomic E-state index is 0.241. The molecule has 4 heteroatoms. The van der Waals surface area contributed by atoms with Crippen LogP contribution in [0.5, 0.6) is 0 Å². The Balaban J connectivity index is 1.78. The molecule has 4 nitrogen and oxygen atoms in total. The molecule has 134 valence electrons. The zero-order valence-corrected chi connectivity index (χ0v) is 15.7. The third kappa shape index (κ3) is 3.63. The van der Waals surface area contributed by atoms with Gasteiger partial charge in [-0.25, -0.2) is 0 Å². The monoisotopic (exact) mass is 338 g/mol. The molecule has 1 aliphatic heterocycles. The summed E-state index contributed by atoms with van der Waals surface area (Å²) in [7, 11) is 0. The normalized spacial score (nSPS) is 24.6. The quantitative estimate of drug-likeness (QED) is 0.668. The van der Waals surface area contributed by atoms with Gasteiger partial charge in [0, 0.05) is 17.3 Å². The number of hydrogen-bond donors (Lipinski definition) is 3. The topological polar surface area (TPSA) is 74.3 Å². The van der Waals surface area contributed by atoms with Crippen LogP contribution in [0.4, 0.5) is 0 Å². The second-order valence-corrected chi connectivity index (χ2v) is 7.36. The van der Waals surface area contributed by atoms with Gasteiger partial charge in [-0.05, 0) is 74.7 Å². The lowest BCUT2D eigenvalue weighted by Crippen LogP contribution is -2.30. The van der Waals surface area contributed by atoms with Crippen molar-refractivity contribution in [2.24, 2.45) is 16.6 Å². The van der Waals surface area contributed by atoms with Gasteiger partial charge in [0.2, 0.25) is 0 Å². The number of hydrogen-bond acceptors (Lipinski definition) is 4. The number of nitrogens with zero attached hydrogens (tertiary/aromatic N) is 1. The van der Waals surface area contributed by atoms with Crippen LogP contribution in [-0.4, -0.2) is 18.1 Å². The van der Waals surface area contributed by atoms with Crippen LogP contribution >= 0.6 is 0 Å². The van der Waals surface area contributed by atoms with Crippen molar-refractivity contribution < 1.29 is 0 Å². The molecule has 1 unspecified atom stereocenters. The van der Waals surface area contributed by atoms with Gasteiger partial charge in [-0.15, -0.1) is 0 Å². The molecule has 0 spiro atoms. The molecule has 0 aromatic rings. The number of amidine groups is 1. The van der Waals surface area contributed by atoms with Crippen LogP contribution in [0, 0.1) is 11.3 Å². The molecule has 1 saturated carbocycles. The highest BCUT2D eigenvalue weighted by molar-refractivity contribution is 6.10. The molecule has 3 aliphatic rings. The Morgan fingerprint density at radius 2 is 2.16 bits per heavy atom. The third-order valence-corrected chi connectivity index (χ3v) is 5.60. The van der Waals surface area contributed by atoms with Crippen molar-refractivity contribution in [1.82, 2.24) is 5.32 Å². The average Bonchev–Trinajstić information content (AvgIpc) is 3.05. The summed E-state index contributed by atoms with van der Waals surface area (Å²) in [6.07, 6.45) is 11.0. The highest BCUT2D eigenvalue weighted by atomic mass is 15.0. The molecule has 1 heterocycles. The van der Waals surface area contributed by atoms with E-state index in [1.807, 2.05) is 19.9 Å². The first kappa shape index (κ1) is 17.7. The van der Waals surface area contributed by atoms with Crippen LogP contribution < -0.4 is 11.1 Å². The molecular formula is C21H30N4. The molecule has 0 saturated heterocycles. The summed E-state index contributed by atoms with van der Waals surface area (Å²) in [5, 5.41) is 12.1. The van der Waals surface area contributed by atoms with E-state index in [-0.39, 0.29) is 5.92 Å². The molecule has 0 bridgehead atoms. The predicted octanol–water partition coefficient (Wildman–Crippen LogP) is 4.37. The number of aliphatic imine (C=N–C) groups is 1. The average molecular weight is 338 g/mol. The maximum absolute atomic E-state index is 8.43. The molecule has 0 radical (unpaired) electrons. The zero-order chi connectivity index (χ0) is 18.0. The smallest absolute Gasteiger partial charge is 0.104 e. The summed E-state index contributed by atoms with van der Waals surface area (Å²) in [4.78, 5) is 4.76. The Bertz CT molecular complexity index is 731. The minimum Gasteiger partial charge on any atom is -0.400 e. The molecule has 2 aliphatic carbocycles. The number of nitrogens with two attached hydrogens (primary N) is 1. The van der Waals surface area contributed by atoms with Crippen LogP contribution in [0.1, 0.15) is 59.3 Å². The van der Waals surface area contributed by atoms with Crippen molar-refractivity contribution in [3.63, 3.8) is 0 Å². The molecular weight excluding hydrogens is 308 g/mol. The maximum atomic E-state index is 8.43. The van der Waals surface area contributed by atoms with Gasteiger partial charge in [0.25, 0.3) is 0 Å². The van der Waals surface area contributed by atoms with E-state index in [2.05, 4.69) is 18.3 Å². The summed E-state index contributed by atoms with van der Waals surface area (Å²) in [6, 6.07) is 0. The summed E-state index contributed by atoms with van der Waals surface area (Å²) in [5.74, 6) is 1.27. The fraction of sp³-hybridized carbons (Fsp3) is 0.524. The second-order valence-electron chi connectivity index (χ2n) is 7.36.